The van der Waals surface area contributed by atoms with E-state index >= 15 is 0 Å². The van der Waals surface area contributed by atoms with E-state index in [4.69, 9.17) is 4.74 Å². The lowest BCUT2D eigenvalue weighted by Crippen LogP contribution is -1.99. The Kier molecular flexibility index (Phi) is 2.42. The highest BCUT2D eigenvalue weighted by Crippen LogP contribution is 2.31. The third kappa shape index (κ3) is 1.59. The number of hydrogen-bond acceptors (Lipinski definition) is 2. The van der Waals surface area contributed by atoms with Gasteiger partial charge in [-0.25, -0.2) is 4.79 Å². The average Bonchev–Trinajstić information content (AvgIpc) is 2.45. The van der Waals surface area contributed by atoms with Crippen molar-refractivity contribution in [3.63, 3.8) is 0 Å². The zero-order valence-corrected chi connectivity index (χ0v) is 8.78. The molecule has 0 amide bonds. The van der Waals surface area contributed by atoms with Crippen molar-refractivity contribution in [1.82, 2.24) is 0 Å². The van der Waals surface area contributed by atoms with Crippen LogP contribution in [0.2, 0.25) is 0 Å². The lowest BCUT2D eigenvalue weighted by Gasteiger charge is -1.98. The van der Waals surface area contributed by atoms with E-state index in [0.717, 1.165) is 16.7 Å². The molecule has 0 N–H and O–H groups in total. The van der Waals surface area contributed by atoms with Gasteiger partial charge in [0.15, 0.2) is 0 Å². The molecule has 0 aliphatic heterocycles. The number of ether oxygens (including phenoxy) is 1. The lowest BCUT2D eigenvalue weighted by molar-refractivity contribution is 0.0602. The Morgan fingerprint density at radius 1 is 1.13 bits per heavy atom. The van der Waals surface area contributed by atoms with Gasteiger partial charge in [-0.15, -0.1) is 0 Å². The van der Waals surface area contributed by atoms with E-state index in [-0.39, 0.29) is 5.97 Å². The van der Waals surface area contributed by atoms with Gasteiger partial charge >= 0.3 is 5.97 Å². The summed E-state index contributed by atoms with van der Waals surface area (Å²) < 4.78 is 4.75. The summed E-state index contributed by atoms with van der Waals surface area (Å²) in [6.07, 6.45) is 0. The predicted octanol–water partition coefficient (Wildman–Crippen LogP) is 2.89. The maximum Gasteiger partial charge on any atom is 0.338 e. The van der Waals surface area contributed by atoms with Crippen molar-refractivity contribution in [3.05, 3.63) is 47.5 Å². The van der Waals surface area contributed by atoms with Gasteiger partial charge in [-0.1, -0.05) is 30.3 Å². The number of rotatable bonds is 1. The molecule has 2 rings (SSSR count). The molecule has 2 nitrogen and oxygen atoms in total. The molecule has 0 heterocycles. The van der Waals surface area contributed by atoms with Crippen LogP contribution in [0.5, 0.6) is 0 Å². The van der Waals surface area contributed by atoms with Gasteiger partial charge in [-0.05, 0) is 29.7 Å². The molecule has 0 aromatic rings. The van der Waals surface area contributed by atoms with Crippen molar-refractivity contribution in [2.24, 2.45) is 0 Å². The SMILES string of the molecule is COC(=O)c1cc(C)c2cccccc1-2. The van der Waals surface area contributed by atoms with Crippen molar-refractivity contribution in [2.75, 3.05) is 7.11 Å². The quantitative estimate of drug-likeness (QED) is 0.661. The molecule has 0 aromatic carbocycles. The summed E-state index contributed by atoms with van der Waals surface area (Å²) in [6.45, 7) is 1.99. The Balaban J connectivity index is 2.67. The van der Waals surface area contributed by atoms with E-state index in [1.54, 1.807) is 0 Å². The second kappa shape index (κ2) is 3.73. The molecule has 0 radical (unpaired) electrons. The van der Waals surface area contributed by atoms with Crippen molar-refractivity contribution >= 4 is 5.97 Å². The van der Waals surface area contributed by atoms with Gasteiger partial charge < -0.3 is 4.74 Å². The van der Waals surface area contributed by atoms with Gasteiger partial charge in [0.25, 0.3) is 0 Å². The van der Waals surface area contributed by atoms with Crippen molar-refractivity contribution in [3.8, 4) is 11.1 Å². The summed E-state index contributed by atoms with van der Waals surface area (Å²) in [5.74, 6) is -0.278. The Labute approximate surface area is 88.8 Å². The minimum atomic E-state index is -0.278. The zero-order valence-electron chi connectivity index (χ0n) is 8.78. The van der Waals surface area contributed by atoms with E-state index in [9.17, 15) is 4.79 Å². The summed E-state index contributed by atoms with van der Waals surface area (Å²) in [5.41, 5.74) is 3.78. The highest BCUT2D eigenvalue weighted by molar-refractivity contribution is 5.99. The van der Waals surface area contributed by atoms with Crippen LogP contribution in [0.4, 0.5) is 0 Å². The molecule has 0 fully saturated rings. The number of hydrogen-bond donors (Lipinski definition) is 0. The van der Waals surface area contributed by atoms with E-state index in [1.807, 2.05) is 43.3 Å². The highest BCUT2D eigenvalue weighted by Gasteiger charge is 2.17. The summed E-state index contributed by atoms with van der Waals surface area (Å²) >= 11 is 0. The molecular formula is C13H12O2. The largest absolute Gasteiger partial charge is 0.465 e. The minimum absolute atomic E-state index is 0.278. The number of fused-ring (bicyclic) bond motifs is 1. The predicted molar refractivity (Wildman–Crippen MR) is 59.1 cm³/mol. The maximum absolute atomic E-state index is 11.5. The van der Waals surface area contributed by atoms with Crippen LogP contribution in [0.15, 0.2) is 36.4 Å². The fraction of sp³-hybridized carbons (Fsp3) is 0.154. The van der Waals surface area contributed by atoms with Crippen LogP contribution >= 0.6 is 0 Å². The summed E-state index contributed by atoms with van der Waals surface area (Å²) in [7, 11) is 1.40. The smallest absolute Gasteiger partial charge is 0.338 e. The number of carbonyl (C=O) groups excluding carboxylic acids is 1. The van der Waals surface area contributed by atoms with Gasteiger partial charge in [0.2, 0.25) is 0 Å². The van der Waals surface area contributed by atoms with Crippen LogP contribution in [0, 0.1) is 6.92 Å². The van der Waals surface area contributed by atoms with E-state index in [1.165, 1.54) is 7.11 Å². The van der Waals surface area contributed by atoms with Gasteiger partial charge in [-0.2, -0.15) is 0 Å². The third-order valence-electron chi connectivity index (χ3n) is 2.52. The molecule has 15 heavy (non-hydrogen) atoms. The molecule has 0 atom stereocenters. The topological polar surface area (TPSA) is 26.3 Å². The first kappa shape index (κ1) is 9.71. The lowest BCUT2D eigenvalue weighted by atomic mass is 10.1. The first-order chi connectivity index (χ1) is 7.24. The molecule has 2 aliphatic carbocycles. The number of esters is 1. The van der Waals surface area contributed by atoms with Crippen LogP contribution in [-0.2, 0) is 4.74 Å². The first-order valence-corrected chi connectivity index (χ1v) is 4.80. The monoisotopic (exact) mass is 200 g/mol. The Morgan fingerprint density at radius 3 is 2.47 bits per heavy atom. The van der Waals surface area contributed by atoms with Crippen molar-refractivity contribution < 1.29 is 9.53 Å². The van der Waals surface area contributed by atoms with Gasteiger partial charge in [0.05, 0.1) is 12.7 Å². The van der Waals surface area contributed by atoms with Gasteiger partial charge in [-0.3, -0.25) is 0 Å². The normalized spacial score (nSPS) is 10.3. The Hall–Kier alpha value is -1.83. The van der Waals surface area contributed by atoms with Crippen LogP contribution in [0.1, 0.15) is 15.9 Å². The number of aryl methyl sites for hydroxylation is 1. The number of carbonyl (C=O) groups is 1. The summed E-state index contributed by atoms with van der Waals surface area (Å²) in [4.78, 5) is 11.5. The summed E-state index contributed by atoms with van der Waals surface area (Å²) in [6, 6.07) is 11.7. The molecule has 0 saturated carbocycles. The van der Waals surface area contributed by atoms with Crippen LogP contribution in [0.25, 0.3) is 11.1 Å². The van der Waals surface area contributed by atoms with Crippen LogP contribution in [-0.4, -0.2) is 13.1 Å². The zero-order chi connectivity index (χ0) is 10.8. The minimum Gasteiger partial charge on any atom is -0.465 e. The molecule has 0 aromatic heterocycles. The fourth-order valence-electron chi connectivity index (χ4n) is 1.78. The van der Waals surface area contributed by atoms with E-state index in [0.29, 0.717) is 5.56 Å². The van der Waals surface area contributed by atoms with Gasteiger partial charge in [0.1, 0.15) is 0 Å². The van der Waals surface area contributed by atoms with Crippen LogP contribution < -0.4 is 0 Å². The Bertz CT molecular complexity index is 474. The third-order valence-corrected chi connectivity index (χ3v) is 2.52. The van der Waals surface area contributed by atoms with E-state index < -0.39 is 0 Å². The molecular weight excluding hydrogens is 188 g/mol. The standard InChI is InChI=1S/C13H12O2/c1-9-8-12(13(14)15-2)11-7-5-3-4-6-10(9)11/h3-8H,1-2H3. The first-order valence-electron chi connectivity index (χ1n) is 4.80. The molecule has 2 heteroatoms. The molecule has 0 spiro atoms. The van der Waals surface area contributed by atoms with E-state index in [2.05, 4.69) is 0 Å². The second-order valence-electron chi connectivity index (χ2n) is 3.47. The van der Waals surface area contributed by atoms with Crippen molar-refractivity contribution in [1.29, 1.82) is 0 Å². The second-order valence-corrected chi connectivity index (χ2v) is 3.47. The highest BCUT2D eigenvalue weighted by atomic mass is 16.5. The molecule has 0 saturated heterocycles. The molecule has 0 bridgehead atoms. The summed E-state index contributed by atoms with van der Waals surface area (Å²) in [5, 5.41) is 0. The molecule has 76 valence electrons. The fourth-order valence-corrected chi connectivity index (χ4v) is 1.78. The maximum atomic E-state index is 11.5. The van der Waals surface area contributed by atoms with Crippen molar-refractivity contribution in [2.45, 2.75) is 6.92 Å². The van der Waals surface area contributed by atoms with Crippen LogP contribution in [0.3, 0.4) is 0 Å². The Morgan fingerprint density at radius 2 is 1.80 bits per heavy atom. The number of methoxy groups -OCH3 is 1. The molecule has 2 aliphatic rings. The molecule has 0 unspecified atom stereocenters. The van der Waals surface area contributed by atoms with Gasteiger partial charge in [0, 0.05) is 0 Å². The average molecular weight is 200 g/mol.